The van der Waals surface area contributed by atoms with Gasteiger partial charge in [-0.25, -0.2) is 4.99 Å². The van der Waals surface area contributed by atoms with E-state index >= 15 is 0 Å². The molecule has 1 heterocycles. The van der Waals surface area contributed by atoms with Gasteiger partial charge in [0.1, 0.15) is 0 Å². The highest BCUT2D eigenvalue weighted by molar-refractivity contribution is 9.10. The standard InChI is InChI=1S/C20H19BrN2OS/c1-2-3-5-14-8-10-17(11-9-14)22-20-23-19(24)18(25-20)13-15-6-4-7-16(21)12-15/h4,6-13H,2-3,5H2,1H3,(H,22,23,24). The molecule has 1 saturated heterocycles. The van der Waals surface area contributed by atoms with E-state index < -0.39 is 0 Å². The zero-order chi connectivity index (χ0) is 17.6. The molecule has 0 spiro atoms. The van der Waals surface area contributed by atoms with Gasteiger partial charge in [-0.05, 0) is 66.1 Å². The average Bonchev–Trinajstić information content (AvgIpc) is 2.93. The van der Waals surface area contributed by atoms with Crippen LogP contribution in [0, 0.1) is 0 Å². The Morgan fingerprint density at radius 2 is 2.00 bits per heavy atom. The highest BCUT2D eigenvalue weighted by Gasteiger charge is 2.23. The van der Waals surface area contributed by atoms with Crippen LogP contribution in [0.4, 0.5) is 5.69 Å². The number of nitrogens with one attached hydrogen (secondary N) is 1. The summed E-state index contributed by atoms with van der Waals surface area (Å²) in [5.74, 6) is -0.108. The summed E-state index contributed by atoms with van der Waals surface area (Å²) in [6.45, 7) is 2.19. The minimum Gasteiger partial charge on any atom is -0.300 e. The van der Waals surface area contributed by atoms with Crippen LogP contribution >= 0.6 is 27.7 Å². The molecule has 2 aromatic rings. The lowest BCUT2D eigenvalue weighted by molar-refractivity contribution is -0.115. The molecule has 0 bridgehead atoms. The predicted molar refractivity (Wildman–Crippen MR) is 110 cm³/mol. The molecule has 0 radical (unpaired) electrons. The Hall–Kier alpha value is -1.85. The van der Waals surface area contributed by atoms with Crippen molar-refractivity contribution in [2.75, 3.05) is 0 Å². The summed E-state index contributed by atoms with van der Waals surface area (Å²) < 4.78 is 0.988. The Balaban J connectivity index is 1.72. The van der Waals surface area contributed by atoms with Crippen LogP contribution in [0.1, 0.15) is 30.9 Å². The fraction of sp³-hybridized carbons (Fsp3) is 0.200. The minimum absolute atomic E-state index is 0.108. The van der Waals surface area contributed by atoms with Crippen LogP contribution in [-0.4, -0.2) is 11.1 Å². The molecule has 1 fully saturated rings. The lowest BCUT2D eigenvalue weighted by atomic mass is 10.1. The number of benzene rings is 2. The van der Waals surface area contributed by atoms with E-state index in [1.165, 1.54) is 30.2 Å². The molecule has 0 unspecified atom stereocenters. The fourth-order valence-corrected chi connectivity index (χ4v) is 3.72. The molecule has 1 amide bonds. The van der Waals surface area contributed by atoms with E-state index in [0.717, 1.165) is 22.1 Å². The van der Waals surface area contributed by atoms with Gasteiger partial charge < -0.3 is 5.32 Å². The Labute approximate surface area is 160 Å². The number of aliphatic imine (C=N–C) groups is 1. The summed E-state index contributed by atoms with van der Waals surface area (Å²) in [6.07, 6.45) is 5.36. The van der Waals surface area contributed by atoms with Crippen molar-refractivity contribution in [2.24, 2.45) is 4.99 Å². The van der Waals surface area contributed by atoms with E-state index in [-0.39, 0.29) is 5.91 Å². The summed E-state index contributed by atoms with van der Waals surface area (Å²) in [4.78, 5) is 17.3. The van der Waals surface area contributed by atoms with Crippen molar-refractivity contribution in [1.82, 2.24) is 5.32 Å². The molecule has 25 heavy (non-hydrogen) atoms. The molecule has 0 aliphatic carbocycles. The van der Waals surface area contributed by atoms with Gasteiger partial charge in [-0.1, -0.05) is 53.5 Å². The number of unbranched alkanes of at least 4 members (excludes halogenated alkanes) is 1. The number of amidine groups is 1. The molecular weight excluding hydrogens is 396 g/mol. The first-order valence-corrected chi connectivity index (χ1v) is 9.89. The summed E-state index contributed by atoms with van der Waals surface area (Å²) >= 11 is 4.81. The van der Waals surface area contributed by atoms with Gasteiger partial charge in [0.15, 0.2) is 5.17 Å². The van der Waals surface area contributed by atoms with Crippen LogP contribution in [0.2, 0.25) is 0 Å². The van der Waals surface area contributed by atoms with E-state index in [4.69, 9.17) is 0 Å². The largest absolute Gasteiger partial charge is 0.300 e. The molecule has 128 valence electrons. The first-order valence-electron chi connectivity index (χ1n) is 8.28. The second-order valence-corrected chi connectivity index (χ2v) is 7.75. The smallest absolute Gasteiger partial charge is 0.264 e. The highest BCUT2D eigenvalue weighted by atomic mass is 79.9. The van der Waals surface area contributed by atoms with Crippen LogP contribution in [0.15, 0.2) is 62.9 Å². The lowest BCUT2D eigenvalue weighted by Crippen LogP contribution is -2.19. The molecule has 0 aromatic heterocycles. The Kier molecular flexibility index (Phi) is 6.10. The lowest BCUT2D eigenvalue weighted by Gasteiger charge is -2.01. The summed E-state index contributed by atoms with van der Waals surface area (Å²) in [7, 11) is 0. The van der Waals surface area contributed by atoms with Crippen molar-refractivity contribution >= 4 is 50.5 Å². The first-order chi connectivity index (χ1) is 12.1. The molecule has 3 rings (SSSR count). The van der Waals surface area contributed by atoms with Crippen molar-refractivity contribution in [3.63, 3.8) is 0 Å². The maximum absolute atomic E-state index is 12.1. The zero-order valence-electron chi connectivity index (χ0n) is 14.0. The number of thioether (sulfide) groups is 1. The van der Waals surface area contributed by atoms with E-state index in [2.05, 4.69) is 45.3 Å². The first kappa shape index (κ1) is 18.0. The van der Waals surface area contributed by atoms with Crippen LogP contribution in [0.25, 0.3) is 6.08 Å². The predicted octanol–water partition coefficient (Wildman–Crippen LogP) is 5.68. The number of nitrogens with zero attached hydrogens (tertiary/aromatic N) is 1. The topological polar surface area (TPSA) is 41.5 Å². The number of aryl methyl sites for hydroxylation is 1. The van der Waals surface area contributed by atoms with Crippen molar-refractivity contribution in [1.29, 1.82) is 0 Å². The van der Waals surface area contributed by atoms with Gasteiger partial charge in [0.05, 0.1) is 10.6 Å². The van der Waals surface area contributed by atoms with E-state index in [9.17, 15) is 4.79 Å². The summed E-state index contributed by atoms with van der Waals surface area (Å²) in [5.41, 5.74) is 3.16. The average molecular weight is 415 g/mol. The third-order valence-corrected chi connectivity index (χ3v) is 5.19. The van der Waals surface area contributed by atoms with Crippen molar-refractivity contribution in [3.05, 3.63) is 69.0 Å². The zero-order valence-corrected chi connectivity index (χ0v) is 16.4. The number of amides is 1. The Bertz CT molecular complexity index is 828. The second kappa shape index (κ2) is 8.50. The number of carbonyl (C=O) groups is 1. The molecule has 1 aliphatic rings. The molecule has 0 atom stereocenters. The third kappa shape index (κ3) is 5.06. The highest BCUT2D eigenvalue weighted by Crippen LogP contribution is 2.28. The van der Waals surface area contributed by atoms with Crippen molar-refractivity contribution in [3.8, 4) is 0 Å². The Morgan fingerprint density at radius 1 is 1.20 bits per heavy atom. The van der Waals surface area contributed by atoms with Crippen LogP contribution in [0.5, 0.6) is 0 Å². The van der Waals surface area contributed by atoms with E-state index in [0.29, 0.717) is 10.1 Å². The molecule has 0 saturated carbocycles. The van der Waals surface area contributed by atoms with Crippen LogP contribution < -0.4 is 5.32 Å². The summed E-state index contributed by atoms with van der Waals surface area (Å²) in [6, 6.07) is 16.1. The quantitative estimate of drug-likeness (QED) is 0.638. The van der Waals surface area contributed by atoms with Crippen LogP contribution in [0.3, 0.4) is 0 Å². The van der Waals surface area contributed by atoms with Crippen molar-refractivity contribution < 1.29 is 4.79 Å². The number of hydrogen-bond acceptors (Lipinski definition) is 3. The minimum atomic E-state index is -0.108. The van der Waals surface area contributed by atoms with Gasteiger partial charge in [0, 0.05) is 4.47 Å². The number of rotatable bonds is 5. The van der Waals surface area contributed by atoms with E-state index in [1.54, 1.807) is 0 Å². The van der Waals surface area contributed by atoms with Gasteiger partial charge in [-0.3, -0.25) is 4.79 Å². The maximum Gasteiger partial charge on any atom is 0.264 e. The fourth-order valence-electron chi connectivity index (χ4n) is 2.46. The van der Waals surface area contributed by atoms with Crippen molar-refractivity contribution in [2.45, 2.75) is 26.2 Å². The number of hydrogen-bond donors (Lipinski definition) is 1. The molecule has 2 aromatic carbocycles. The van der Waals surface area contributed by atoms with Gasteiger partial charge in [0.2, 0.25) is 0 Å². The third-order valence-electron chi connectivity index (χ3n) is 3.78. The Morgan fingerprint density at radius 3 is 2.72 bits per heavy atom. The number of carbonyl (C=O) groups excluding carboxylic acids is 1. The van der Waals surface area contributed by atoms with Gasteiger partial charge in [-0.2, -0.15) is 0 Å². The SMILES string of the molecule is CCCCc1ccc(N=C2NC(=O)C(=Cc3cccc(Br)c3)S2)cc1. The molecule has 1 aliphatic heterocycles. The summed E-state index contributed by atoms with van der Waals surface area (Å²) in [5, 5.41) is 3.45. The van der Waals surface area contributed by atoms with Gasteiger partial charge >= 0.3 is 0 Å². The van der Waals surface area contributed by atoms with Crippen LogP contribution in [-0.2, 0) is 11.2 Å². The molecular formula is C20H19BrN2OS. The normalized spacial score (nSPS) is 17.3. The van der Waals surface area contributed by atoms with Gasteiger partial charge in [-0.15, -0.1) is 0 Å². The molecule has 5 heteroatoms. The van der Waals surface area contributed by atoms with Gasteiger partial charge in [0.25, 0.3) is 5.91 Å². The monoisotopic (exact) mass is 414 g/mol. The molecule has 3 nitrogen and oxygen atoms in total. The second-order valence-electron chi connectivity index (χ2n) is 5.81. The number of halogens is 1. The van der Waals surface area contributed by atoms with E-state index in [1.807, 2.05) is 42.5 Å². The maximum atomic E-state index is 12.1. The molecule has 1 N–H and O–H groups in total.